The molecule has 56 valence electrons. The molecule has 0 unspecified atom stereocenters. The highest BCUT2D eigenvalue weighted by molar-refractivity contribution is 4.90. The van der Waals surface area contributed by atoms with Crippen LogP contribution >= 0.6 is 0 Å². The van der Waals surface area contributed by atoms with Gasteiger partial charge in [0, 0.05) is 0 Å². The van der Waals surface area contributed by atoms with Crippen LogP contribution in [0, 0.1) is 0 Å². The van der Waals surface area contributed by atoms with Gasteiger partial charge >= 0.3 is 0 Å². The Hall–Kier alpha value is -0.940. The third-order valence-electron chi connectivity index (χ3n) is 1.17. The molecule has 0 aliphatic carbocycles. The molecule has 5 heteroatoms. The van der Waals surface area contributed by atoms with Gasteiger partial charge < -0.3 is 10.2 Å². The summed E-state index contributed by atoms with van der Waals surface area (Å²) >= 11 is 0. The third kappa shape index (κ3) is 1.31. The molecular formula is C5H9N3O2. The van der Waals surface area contributed by atoms with Gasteiger partial charge in [0.05, 0.1) is 31.6 Å². The quantitative estimate of drug-likeness (QED) is 0.555. The molecule has 0 atom stereocenters. The summed E-state index contributed by atoms with van der Waals surface area (Å²) in [4.78, 5) is 0. The van der Waals surface area contributed by atoms with E-state index in [4.69, 9.17) is 10.2 Å². The van der Waals surface area contributed by atoms with Crippen molar-refractivity contribution in [1.82, 2.24) is 15.0 Å². The molecule has 0 spiro atoms. The topological polar surface area (TPSA) is 71.2 Å². The largest absolute Gasteiger partial charge is 0.394 e. The second-order valence-electron chi connectivity index (χ2n) is 1.83. The van der Waals surface area contributed by atoms with E-state index in [2.05, 4.69) is 10.3 Å². The van der Waals surface area contributed by atoms with Crippen molar-refractivity contribution in [1.29, 1.82) is 0 Å². The Bertz CT molecular complexity index is 199. The molecule has 0 aromatic carbocycles. The molecule has 10 heavy (non-hydrogen) atoms. The van der Waals surface area contributed by atoms with Gasteiger partial charge in [0.1, 0.15) is 0 Å². The van der Waals surface area contributed by atoms with Crippen LogP contribution in [-0.2, 0) is 13.2 Å². The van der Waals surface area contributed by atoms with E-state index in [9.17, 15) is 0 Å². The molecule has 0 fully saturated rings. The summed E-state index contributed by atoms with van der Waals surface area (Å²) in [5.41, 5.74) is 0.619. The number of hydrogen-bond acceptors (Lipinski definition) is 4. The van der Waals surface area contributed by atoms with Crippen LogP contribution in [0.5, 0.6) is 0 Å². The number of rotatable bonds is 3. The van der Waals surface area contributed by atoms with Crippen molar-refractivity contribution < 1.29 is 10.2 Å². The van der Waals surface area contributed by atoms with Crippen LogP contribution in [-0.4, -0.2) is 31.8 Å². The van der Waals surface area contributed by atoms with Gasteiger partial charge in [0.2, 0.25) is 0 Å². The van der Waals surface area contributed by atoms with E-state index in [1.165, 1.54) is 10.9 Å². The Morgan fingerprint density at radius 2 is 2.30 bits per heavy atom. The van der Waals surface area contributed by atoms with E-state index in [1.807, 2.05) is 0 Å². The minimum Gasteiger partial charge on any atom is -0.394 e. The van der Waals surface area contributed by atoms with Gasteiger partial charge in [-0.15, -0.1) is 5.10 Å². The molecule has 0 bridgehead atoms. The SMILES string of the molecule is OCCn1nncc1CO. The van der Waals surface area contributed by atoms with Crippen molar-refractivity contribution in [2.75, 3.05) is 6.61 Å². The van der Waals surface area contributed by atoms with Gasteiger partial charge in [-0.05, 0) is 0 Å². The second-order valence-corrected chi connectivity index (χ2v) is 1.83. The molecule has 5 nitrogen and oxygen atoms in total. The summed E-state index contributed by atoms with van der Waals surface area (Å²) in [6, 6.07) is 0. The number of aliphatic hydroxyl groups is 2. The number of nitrogens with zero attached hydrogens (tertiary/aromatic N) is 3. The first-order valence-electron chi connectivity index (χ1n) is 2.97. The Labute approximate surface area is 57.9 Å². The third-order valence-corrected chi connectivity index (χ3v) is 1.17. The lowest BCUT2D eigenvalue weighted by Crippen LogP contribution is -2.07. The van der Waals surface area contributed by atoms with Crippen LogP contribution in [0.4, 0.5) is 0 Å². The molecule has 2 N–H and O–H groups in total. The molecule has 0 radical (unpaired) electrons. The maximum atomic E-state index is 8.65. The molecule has 1 heterocycles. The van der Waals surface area contributed by atoms with Crippen molar-refractivity contribution >= 4 is 0 Å². The average molecular weight is 143 g/mol. The van der Waals surface area contributed by atoms with Crippen LogP contribution in [0.15, 0.2) is 6.20 Å². The summed E-state index contributed by atoms with van der Waals surface area (Å²) in [5.74, 6) is 0. The summed E-state index contributed by atoms with van der Waals surface area (Å²) in [7, 11) is 0. The van der Waals surface area contributed by atoms with Crippen molar-refractivity contribution in [2.45, 2.75) is 13.2 Å². The fraction of sp³-hybridized carbons (Fsp3) is 0.600. The van der Waals surface area contributed by atoms with E-state index in [-0.39, 0.29) is 13.2 Å². The lowest BCUT2D eigenvalue weighted by molar-refractivity contribution is 0.243. The minimum atomic E-state index is -0.0903. The highest BCUT2D eigenvalue weighted by atomic mass is 16.3. The molecule has 0 saturated carbocycles. The predicted molar refractivity (Wildman–Crippen MR) is 33.0 cm³/mol. The average Bonchev–Trinajstić information content (AvgIpc) is 2.36. The molecule has 0 aliphatic heterocycles. The van der Waals surface area contributed by atoms with Crippen LogP contribution in [0.25, 0.3) is 0 Å². The van der Waals surface area contributed by atoms with E-state index in [0.717, 1.165) is 0 Å². The smallest absolute Gasteiger partial charge is 0.0866 e. The number of aromatic nitrogens is 3. The Balaban J connectivity index is 2.70. The first-order chi connectivity index (χ1) is 4.88. The van der Waals surface area contributed by atoms with E-state index in [0.29, 0.717) is 12.2 Å². The molecule has 1 aromatic heterocycles. The maximum absolute atomic E-state index is 8.65. The lowest BCUT2D eigenvalue weighted by Gasteiger charge is -1.98. The van der Waals surface area contributed by atoms with Crippen molar-refractivity contribution in [3.63, 3.8) is 0 Å². The summed E-state index contributed by atoms with van der Waals surface area (Å²) in [6.07, 6.45) is 1.47. The molecule has 0 amide bonds. The van der Waals surface area contributed by atoms with Crippen molar-refractivity contribution in [3.8, 4) is 0 Å². The zero-order valence-electron chi connectivity index (χ0n) is 5.43. The monoisotopic (exact) mass is 143 g/mol. The van der Waals surface area contributed by atoms with Crippen LogP contribution in [0.3, 0.4) is 0 Å². The second kappa shape index (κ2) is 3.28. The van der Waals surface area contributed by atoms with Crippen LogP contribution < -0.4 is 0 Å². The fourth-order valence-electron chi connectivity index (χ4n) is 0.684. The van der Waals surface area contributed by atoms with E-state index in [1.54, 1.807) is 0 Å². The van der Waals surface area contributed by atoms with Crippen molar-refractivity contribution in [2.24, 2.45) is 0 Å². The minimum absolute atomic E-state index is 0.0103. The lowest BCUT2D eigenvalue weighted by atomic mass is 10.5. The first-order valence-corrected chi connectivity index (χ1v) is 2.97. The van der Waals surface area contributed by atoms with Crippen LogP contribution in [0.2, 0.25) is 0 Å². The maximum Gasteiger partial charge on any atom is 0.0866 e. The molecule has 0 saturated heterocycles. The van der Waals surface area contributed by atoms with E-state index < -0.39 is 0 Å². The summed E-state index contributed by atoms with van der Waals surface area (Å²) in [6.45, 7) is 0.305. The number of aliphatic hydroxyl groups excluding tert-OH is 2. The predicted octanol–water partition coefficient (Wildman–Crippen LogP) is -1.24. The highest BCUT2D eigenvalue weighted by Crippen LogP contribution is 1.93. The van der Waals surface area contributed by atoms with E-state index >= 15 is 0 Å². The summed E-state index contributed by atoms with van der Waals surface area (Å²) in [5, 5.41) is 24.3. The van der Waals surface area contributed by atoms with Crippen LogP contribution in [0.1, 0.15) is 5.69 Å². The first kappa shape index (κ1) is 7.17. The zero-order valence-corrected chi connectivity index (χ0v) is 5.43. The Morgan fingerprint density at radius 1 is 1.50 bits per heavy atom. The summed E-state index contributed by atoms with van der Waals surface area (Å²) < 4.78 is 1.46. The standard InChI is InChI=1S/C5H9N3O2/c9-2-1-8-5(4-10)3-6-7-8/h3,9-10H,1-2,4H2. The van der Waals surface area contributed by atoms with Gasteiger partial charge in [-0.2, -0.15) is 0 Å². The van der Waals surface area contributed by atoms with Gasteiger partial charge in [-0.25, -0.2) is 4.68 Å². The number of hydrogen-bond donors (Lipinski definition) is 2. The van der Waals surface area contributed by atoms with Gasteiger partial charge in [0.25, 0.3) is 0 Å². The van der Waals surface area contributed by atoms with Gasteiger partial charge in [-0.1, -0.05) is 5.21 Å². The van der Waals surface area contributed by atoms with Gasteiger partial charge in [-0.3, -0.25) is 0 Å². The van der Waals surface area contributed by atoms with Gasteiger partial charge in [0.15, 0.2) is 0 Å². The molecule has 1 aromatic rings. The molecular weight excluding hydrogens is 134 g/mol. The molecule has 1 rings (SSSR count). The van der Waals surface area contributed by atoms with Crippen molar-refractivity contribution in [3.05, 3.63) is 11.9 Å². The normalized spacial score (nSPS) is 10.2. The Morgan fingerprint density at radius 3 is 2.90 bits per heavy atom. The zero-order chi connectivity index (χ0) is 7.40. The Kier molecular flexibility index (Phi) is 2.35. The molecule has 0 aliphatic rings. The highest BCUT2D eigenvalue weighted by Gasteiger charge is 1.99. The fourth-order valence-corrected chi connectivity index (χ4v) is 0.684.